The van der Waals surface area contributed by atoms with E-state index >= 15 is 0 Å². The van der Waals surface area contributed by atoms with Crippen molar-refractivity contribution in [2.24, 2.45) is 0 Å². The van der Waals surface area contributed by atoms with Crippen LogP contribution in [0.4, 0.5) is 22.7 Å². The summed E-state index contributed by atoms with van der Waals surface area (Å²) in [5.74, 6) is 0.0233. The second-order valence-corrected chi connectivity index (χ2v) is 8.23. The van der Waals surface area contributed by atoms with E-state index in [-0.39, 0.29) is 11.8 Å². The van der Waals surface area contributed by atoms with Gasteiger partial charge in [0.1, 0.15) is 6.04 Å². The second kappa shape index (κ2) is 10.2. The molecule has 1 aliphatic rings. The van der Waals surface area contributed by atoms with E-state index in [1.165, 1.54) is 0 Å². The summed E-state index contributed by atoms with van der Waals surface area (Å²) in [6.45, 7) is 3.40. The van der Waals surface area contributed by atoms with Gasteiger partial charge in [-0.15, -0.1) is 0 Å². The van der Waals surface area contributed by atoms with Crippen molar-refractivity contribution >= 4 is 34.6 Å². The van der Waals surface area contributed by atoms with Crippen molar-refractivity contribution in [2.75, 3.05) is 33.9 Å². The standard InChI is InChI=1S/C27H30N4O2/c1-2-30(24-12-8-11-21(28)19-24)26(20-9-4-3-5-10-20)27(33)29-22-14-16-23(17-15-22)31-18-7-6-13-25(31)32/h3-5,8-12,14-17,19,26H,2,6-7,13,18,28H2,1H3,(H,29,33). The lowest BCUT2D eigenvalue weighted by Crippen LogP contribution is -2.37. The SMILES string of the molecule is CCN(c1cccc(N)c1)C(C(=O)Nc1ccc(N2CCCCC2=O)cc1)c1ccccc1. The Labute approximate surface area is 195 Å². The number of nitrogens with zero attached hydrogens (tertiary/aromatic N) is 2. The van der Waals surface area contributed by atoms with Gasteiger partial charge >= 0.3 is 0 Å². The molecular weight excluding hydrogens is 412 g/mol. The molecule has 2 amide bonds. The quantitative estimate of drug-likeness (QED) is 0.505. The van der Waals surface area contributed by atoms with Crippen molar-refractivity contribution in [1.29, 1.82) is 0 Å². The Morgan fingerprint density at radius 2 is 1.79 bits per heavy atom. The van der Waals surface area contributed by atoms with Crippen LogP contribution >= 0.6 is 0 Å². The first-order chi connectivity index (χ1) is 16.1. The Kier molecular flexibility index (Phi) is 6.93. The van der Waals surface area contributed by atoms with Crippen molar-refractivity contribution in [2.45, 2.75) is 32.2 Å². The highest BCUT2D eigenvalue weighted by Crippen LogP contribution is 2.30. The Morgan fingerprint density at radius 1 is 1.03 bits per heavy atom. The molecule has 0 saturated carbocycles. The zero-order chi connectivity index (χ0) is 23.2. The number of anilines is 4. The monoisotopic (exact) mass is 442 g/mol. The van der Waals surface area contributed by atoms with Crippen LogP contribution < -0.4 is 20.9 Å². The molecule has 0 aliphatic carbocycles. The molecule has 0 spiro atoms. The summed E-state index contributed by atoms with van der Waals surface area (Å²) in [6, 6.07) is 24.3. The lowest BCUT2D eigenvalue weighted by Gasteiger charge is -2.32. The molecule has 4 rings (SSSR count). The zero-order valence-corrected chi connectivity index (χ0v) is 18.9. The van der Waals surface area contributed by atoms with Gasteiger partial charge in [0.2, 0.25) is 5.91 Å². The number of hydrogen-bond acceptors (Lipinski definition) is 4. The lowest BCUT2D eigenvalue weighted by atomic mass is 10.0. The summed E-state index contributed by atoms with van der Waals surface area (Å²) in [5, 5.41) is 3.07. The number of rotatable bonds is 7. The van der Waals surface area contributed by atoms with Gasteiger partial charge in [-0.1, -0.05) is 36.4 Å². The van der Waals surface area contributed by atoms with Crippen molar-refractivity contribution in [3.8, 4) is 0 Å². The number of nitrogen functional groups attached to an aromatic ring is 1. The highest BCUT2D eigenvalue weighted by Gasteiger charge is 2.27. The molecule has 1 aliphatic heterocycles. The maximum absolute atomic E-state index is 13.6. The Bertz CT molecular complexity index is 1100. The summed E-state index contributed by atoms with van der Waals surface area (Å²) in [5.41, 5.74) is 10.0. The van der Waals surface area contributed by atoms with Gasteiger partial charge in [-0.3, -0.25) is 9.59 Å². The summed E-state index contributed by atoms with van der Waals surface area (Å²) in [6.07, 6.45) is 2.55. The van der Waals surface area contributed by atoms with Crippen molar-refractivity contribution in [3.63, 3.8) is 0 Å². The third kappa shape index (κ3) is 5.17. The predicted molar refractivity (Wildman–Crippen MR) is 134 cm³/mol. The summed E-state index contributed by atoms with van der Waals surface area (Å²) >= 11 is 0. The van der Waals surface area contributed by atoms with E-state index < -0.39 is 6.04 Å². The Balaban J connectivity index is 1.58. The molecule has 3 aromatic carbocycles. The van der Waals surface area contributed by atoms with Gasteiger partial charge in [-0.2, -0.15) is 0 Å². The third-order valence-electron chi connectivity index (χ3n) is 5.99. The Hall–Kier alpha value is -3.80. The molecule has 170 valence electrons. The van der Waals surface area contributed by atoms with E-state index in [2.05, 4.69) is 5.32 Å². The third-order valence-corrected chi connectivity index (χ3v) is 5.99. The number of hydrogen-bond donors (Lipinski definition) is 2. The maximum Gasteiger partial charge on any atom is 0.251 e. The summed E-state index contributed by atoms with van der Waals surface area (Å²) in [4.78, 5) is 29.6. The molecule has 0 bridgehead atoms. The zero-order valence-electron chi connectivity index (χ0n) is 18.9. The molecule has 1 unspecified atom stereocenters. The van der Waals surface area contributed by atoms with Gasteiger partial charge in [-0.25, -0.2) is 0 Å². The highest BCUT2D eigenvalue weighted by atomic mass is 16.2. The number of amides is 2. The first-order valence-electron chi connectivity index (χ1n) is 11.4. The predicted octanol–water partition coefficient (Wildman–Crippen LogP) is 4.99. The number of piperidine rings is 1. The molecule has 6 nitrogen and oxygen atoms in total. The van der Waals surface area contributed by atoms with Crippen LogP contribution in [-0.4, -0.2) is 24.9 Å². The van der Waals surface area contributed by atoms with Crippen LogP contribution in [0.3, 0.4) is 0 Å². The van der Waals surface area contributed by atoms with E-state index in [1.807, 2.05) is 95.6 Å². The van der Waals surface area contributed by atoms with Crippen molar-refractivity contribution in [1.82, 2.24) is 0 Å². The molecule has 3 N–H and O–H groups in total. The van der Waals surface area contributed by atoms with Crippen LogP contribution in [0.15, 0.2) is 78.9 Å². The molecule has 0 radical (unpaired) electrons. The molecule has 3 aromatic rings. The van der Waals surface area contributed by atoms with Crippen LogP contribution in [0.2, 0.25) is 0 Å². The first kappa shape index (κ1) is 22.4. The van der Waals surface area contributed by atoms with Crippen LogP contribution in [-0.2, 0) is 9.59 Å². The van der Waals surface area contributed by atoms with Gasteiger partial charge in [0.25, 0.3) is 5.91 Å². The number of carbonyl (C=O) groups is 2. The van der Waals surface area contributed by atoms with E-state index in [9.17, 15) is 9.59 Å². The second-order valence-electron chi connectivity index (χ2n) is 8.23. The van der Waals surface area contributed by atoms with E-state index in [4.69, 9.17) is 5.73 Å². The smallest absolute Gasteiger partial charge is 0.251 e. The van der Waals surface area contributed by atoms with Gasteiger partial charge < -0.3 is 20.9 Å². The molecule has 1 fully saturated rings. The molecule has 6 heteroatoms. The van der Waals surface area contributed by atoms with E-state index in [0.717, 1.165) is 36.3 Å². The van der Waals surface area contributed by atoms with Gasteiger partial charge in [0.15, 0.2) is 0 Å². The van der Waals surface area contributed by atoms with Crippen LogP contribution in [0.25, 0.3) is 0 Å². The van der Waals surface area contributed by atoms with Gasteiger partial charge in [0.05, 0.1) is 0 Å². The average Bonchev–Trinajstić information content (AvgIpc) is 2.84. The number of benzene rings is 3. The van der Waals surface area contributed by atoms with Gasteiger partial charge in [0, 0.05) is 42.3 Å². The van der Waals surface area contributed by atoms with Crippen LogP contribution in [0.5, 0.6) is 0 Å². The average molecular weight is 443 g/mol. The minimum atomic E-state index is -0.527. The van der Waals surface area contributed by atoms with E-state index in [0.29, 0.717) is 24.3 Å². The fraction of sp³-hybridized carbons (Fsp3) is 0.259. The molecule has 33 heavy (non-hydrogen) atoms. The minimum Gasteiger partial charge on any atom is -0.399 e. The fourth-order valence-corrected chi connectivity index (χ4v) is 4.34. The number of likely N-dealkylation sites (N-methyl/N-ethyl adjacent to an activating group) is 1. The van der Waals surface area contributed by atoms with E-state index in [1.54, 1.807) is 0 Å². The maximum atomic E-state index is 13.6. The molecule has 1 saturated heterocycles. The van der Waals surface area contributed by atoms with Crippen molar-refractivity contribution in [3.05, 3.63) is 84.4 Å². The highest BCUT2D eigenvalue weighted by molar-refractivity contribution is 5.98. The molecule has 1 atom stereocenters. The normalized spacial score (nSPS) is 14.6. The van der Waals surface area contributed by atoms with Crippen molar-refractivity contribution < 1.29 is 9.59 Å². The fourth-order valence-electron chi connectivity index (χ4n) is 4.34. The molecular formula is C27H30N4O2. The molecule has 0 aromatic heterocycles. The largest absolute Gasteiger partial charge is 0.399 e. The summed E-state index contributed by atoms with van der Waals surface area (Å²) < 4.78 is 0. The first-order valence-corrected chi connectivity index (χ1v) is 11.4. The topological polar surface area (TPSA) is 78.7 Å². The van der Waals surface area contributed by atoms with Gasteiger partial charge in [-0.05, 0) is 67.8 Å². The Morgan fingerprint density at radius 3 is 2.45 bits per heavy atom. The minimum absolute atomic E-state index is 0.132. The lowest BCUT2D eigenvalue weighted by molar-refractivity contribution is -0.119. The summed E-state index contributed by atoms with van der Waals surface area (Å²) in [7, 11) is 0. The number of carbonyl (C=O) groups excluding carboxylic acids is 2. The molecule has 1 heterocycles. The van der Waals surface area contributed by atoms with Crippen LogP contribution in [0, 0.1) is 0 Å². The van der Waals surface area contributed by atoms with Crippen LogP contribution in [0.1, 0.15) is 37.8 Å². The number of nitrogens with two attached hydrogens (primary N) is 1. The number of nitrogens with one attached hydrogen (secondary N) is 1.